The predicted octanol–water partition coefficient (Wildman–Crippen LogP) is 2.04. The molecular weight excluding hydrogens is 229 g/mol. The van der Waals surface area contributed by atoms with Crippen LogP contribution in [0.15, 0.2) is 28.7 Å². The van der Waals surface area contributed by atoms with Gasteiger partial charge in [0.25, 0.3) is 0 Å². The smallest absolute Gasteiger partial charge is 0.332 e. The normalized spacial score (nSPS) is 11.1. The average molecular weight is 237 g/mol. The van der Waals surface area contributed by atoms with Crippen molar-refractivity contribution in [1.29, 1.82) is 0 Å². The maximum absolute atomic E-state index is 13.2. The van der Waals surface area contributed by atoms with Gasteiger partial charge in [-0.25, -0.2) is 14.6 Å². The van der Waals surface area contributed by atoms with Crippen molar-refractivity contribution in [3.63, 3.8) is 0 Å². The number of urea groups is 1. The fraction of sp³-hybridized carbons (Fsp3) is 0. The molecule has 0 saturated heterocycles. The fourth-order valence-electron chi connectivity index (χ4n) is 1.33. The van der Waals surface area contributed by atoms with Gasteiger partial charge in [0.1, 0.15) is 5.82 Å². The number of hydrazone groups is 1. The Bertz CT molecular complexity index is 564. The highest BCUT2D eigenvalue weighted by Gasteiger charge is 2.03. The van der Waals surface area contributed by atoms with Crippen molar-refractivity contribution < 1.29 is 9.18 Å². The number of primary amides is 1. The summed E-state index contributed by atoms with van der Waals surface area (Å²) in [5.74, 6) is -0.341. The van der Waals surface area contributed by atoms with E-state index in [1.54, 1.807) is 0 Å². The molecule has 0 fully saturated rings. The quantitative estimate of drug-likeness (QED) is 0.609. The molecule has 0 bridgehead atoms. The van der Waals surface area contributed by atoms with E-state index < -0.39 is 6.03 Å². The lowest BCUT2D eigenvalue weighted by Crippen LogP contribution is -2.24. The number of fused-ring (bicyclic) bond motifs is 1. The molecule has 3 N–H and O–H groups in total. The van der Waals surface area contributed by atoms with Crippen molar-refractivity contribution in [3.8, 4) is 0 Å². The summed E-state index contributed by atoms with van der Waals surface area (Å²) in [6.45, 7) is 0. The second-order valence-electron chi connectivity index (χ2n) is 3.07. The van der Waals surface area contributed by atoms with E-state index in [1.807, 2.05) is 11.4 Å². The molecule has 0 aliphatic rings. The van der Waals surface area contributed by atoms with Crippen LogP contribution in [-0.2, 0) is 0 Å². The number of nitrogens with two attached hydrogens (primary N) is 1. The number of amides is 2. The Morgan fingerprint density at radius 2 is 2.38 bits per heavy atom. The van der Waals surface area contributed by atoms with E-state index in [4.69, 9.17) is 5.73 Å². The van der Waals surface area contributed by atoms with Crippen molar-refractivity contribution in [3.05, 3.63) is 35.0 Å². The highest BCUT2D eigenvalue weighted by Crippen LogP contribution is 2.24. The van der Waals surface area contributed by atoms with E-state index in [-0.39, 0.29) is 5.82 Å². The van der Waals surface area contributed by atoms with Gasteiger partial charge >= 0.3 is 6.03 Å². The first kappa shape index (κ1) is 10.6. The molecule has 16 heavy (non-hydrogen) atoms. The van der Waals surface area contributed by atoms with Crippen LogP contribution in [0.3, 0.4) is 0 Å². The lowest BCUT2D eigenvalue weighted by atomic mass is 10.2. The molecule has 2 amide bonds. The van der Waals surface area contributed by atoms with Gasteiger partial charge in [0.2, 0.25) is 0 Å². The SMILES string of the molecule is NC(=O)NN=Cc1cc(F)cc2ccsc12. The first-order chi connectivity index (χ1) is 7.66. The van der Waals surface area contributed by atoms with Crippen LogP contribution in [-0.4, -0.2) is 12.2 Å². The maximum atomic E-state index is 13.2. The summed E-state index contributed by atoms with van der Waals surface area (Å²) < 4.78 is 14.1. The molecule has 0 aliphatic carbocycles. The number of benzene rings is 1. The van der Waals surface area contributed by atoms with Crippen LogP contribution in [0.25, 0.3) is 10.1 Å². The molecule has 4 nitrogen and oxygen atoms in total. The third kappa shape index (κ3) is 2.17. The van der Waals surface area contributed by atoms with E-state index >= 15 is 0 Å². The number of hydrogen-bond donors (Lipinski definition) is 2. The lowest BCUT2D eigenvalue weighted by Gasteiger charge is -1.97. The van der Waals surface area contributed by atoms with Crippen molar-refractivity contribution in [2.45, 2.75) is 0 Å². The van der Waals surface area contributed by atoms with Gasteiger partial charge in [-0.05, 0) is 29.0 Å². The van der Waals surface area contributed by atoms with Crippen LogP contribution in [0.1, 0.15) is 5.56 Å². The monoisotopic (exact) mass is 237 g/mol. The van der Waals surface area contributed by atoms with Crippen LogP contribution in [0.5, 0.6) is 0 Å². The zero-order chi connectivity index (χ0) is 11.5. The Kier molecular flexibility index (Phi) is 2.82. The van der Waals surface area contributed by atoms with Gasteiger partial charge in [0.05, 0.1) is 6.21 Å². The molecule has 0 spiro atoms. The summed E-state index contributed by atoms with van der Waals surface area (Å²) in [7, 11) is 0. The highest BCUT2D eigenvalue weighted by atomic mass is 32.1. The average Bonchev–Trinajstić information content (AvgIpc) is 2.64. The Balaban J connectivity index is 2.39. The van der Waals surface area contributed by atoms with E-state index in [2.05, 4.69) is 10.5 Å². The summed E-state index contributed by atoms with van der Waals surface area (Å²) in [5, 5.41) is 6.28. The number of carbonyl (C=O) groups is 1. The predicted molar refractivity (Wildman–Crippen MR) is 62.1 cm³/mol. The Hall–Kier alpha value is -1.95. The Labute approximate surface area is 94.6 Å². The van der Waals surface area contributed by atoms with Crippen LogP contribution in [0.2, 0.25) is 0 Å². The number of rotatable bonds is 2. The van der Waals surface area contributed by atoms with Gasteiger partial charge < -0.3 is 5.73 Å². The second kappa shape index (κ2) is 4.28. The molecule has 6 heteroatoms. The number of nitrogens with one attached hydrogen (secondary N) is 1. The first-order valence-corrected chi connectivity index (χ1v) is 5.30. The molecule has 0 saturated carbocycles. The number of halogens is 1. The third-order valence-electron chi connectivity index (χ3n) is 1.92. The van der Waals surface area contributed by atoms with E-state index in [9.17, 15) is 9.18 Å². The summed E-state index contributed by atoms with van der Waals surface area (Å²) >= 11 is 1.48. The van der Waals surface area contributed by atoms with Crippen LogP contribution >= 0.6 is 11.3 Å². The minimum Gasteiger partial charge on any atom is -0.350 e. The van der Waals surface area contributed by atoms with Gasteiger partial charge in [0, 0.05) is 10.3 Å². The molecule has 0 aliphatic heterocycles. The van der Waals surface area contributed by atoms with Gasteiger partial charge in [-0.2, -0.15) is 5.10 Å². The maximum Gasteiger partial charge on any atom is 0.332 e. The van der Waals surface area contributed by atoms with Crippen LogP contribution in [0, 0.1) is 5.82 Å². The van der Waals surface area contributed by atoms with E-state index in [0.717, 1.165) is 10.1 Å². The Morgan fingerprint density at radius 3 is 3.12 bits per heavy atom. The zero-order valence-corrected chi connectivity index (χ0v) is 8.92. The largest absolute Gasteiger partial charge is 0.350 e. The number of thiophene rings is 1. The molecular formula is C10H8FN3OS. The minimum atomic E-state index is -0.755. The molecule has 1 aromatic carbocycles. The molecule has 2 aromatic rings. The molecule has 2 rings (SSSR count). The zero-order valence-electron chi connectivity index (χ0n) is 8.11. The van der Waals surface area contributed by atoms with Gasteiger partial charge in [0.15, 0.2) is 0 Å². The fourth-order valence-corrected chi connectivity index (χ4v) is 2.19. The Morgan fingerprint density at radius 1 is 1.56 bits per heavy atom. The van der Waals surface area contributed by atoms with Gasteiger partial charge in [-0.1, -0.05) is 0 Å². The molecule has 1 heterocycles. The van der Waals surface area contributed by atoms with E-state index in [1.165, 1.54) is 29.7 Å². The summed E-state index contributed by atoms with van der Waals surface area (Å²) in [5.41, 5.74) is 7.51. The van der Waals surface area contributed by atoms with Crippen molar-refractivity contribution >= 4 is 33.7 Å². The third-order valence-corrected chi connectivity index (χ3v) is 2.90. The van der Waals surface area contributed by atoms with Crippen molar-refractivity contribution in [2.24, 2.45) is 10.8 Å². The summed E-state index contributed by atoms with van der Waals surface area (Å²) in [6.07, 6.45) is 1.37. The topological polar surface area (TPSA) is 67.5 Å². The van der Waals surface area contributed by atoms with Crippen molar-refractivity contribution in [1.82, 2.24) is 5.43 Å². The van der Waals surface area contributed by atoms with Crippen LogP contribution < -0.4 is 11.2 Å². The molecule has 82 valence electrons. The molecule has 0 radical (unpaired) electrons. The number of nitrogens with zero attached hydrogens (tertiary/aromatic N) is 1. The number of carbonyl (C=O) groups excluding carboxylic acids is 1. The first-order valence-electron chi connectivity index (χ1n) is 4.42. The van der Waals surface area contributed by atoms with E-state index in [0.29, 0.717) is 5.56 Å². The van der Waals surface area contributed by atoms with Gasteiger partial charge in [-0.3, -0.25) is 0 Å². The minimum absolute atomic E-state index is 0.341. The number of hydrogen-bond acceptors (Lipinski definition) is 3. The van der Waals surface area contributed by atoms with Gasteiger partial charge in [-0.15, -0.1) is 11.3 Å². The summed E-state index contributed by atoms with van der Waals surface area (Å²) in [4.78, 5) is 10.4. The van der Waals surface area contributed by atoms with Crippen molar-refractivity contribution in [2.75, 3.05) is 0 Å². The molecule has 1 aromatic heterocycles. The highest BCUT2D eigenvalue weighted by molar-refractivity contribution is 7.17. The molecule has 0 unspecified atom stereocenters. The summed E-state index contributed by atoms with van der Waals surface area (Å²) in [6, 6.07) is 3.87. The molecule has 0 atom stereocenters. The lowest BCUT2D eigenvalue weighted by molar-refractivity contribution is 0.249. The standard InChI is InChI=1S/C10H8FN3OS/c11-8-3-6-1-2-16-9(6)7(4-8)5-13-14-10(12)15/h1-5H,(H3,12,14,15). The second-order valence-corrected chi connectivity index (χ2v) is 3.98. The van der Waals surface area contributed by atoms with Crippen LogP contribution in [0.4, 0.5) is 9.18 Å².